The number of likely N-dealkylation sites (tertiary alicyclic amines) is 1. The van der Waals surface area contributed by atoms with Crippen molar-refractivity contribution in [2.24, 2.45) is 5.92 Å². The van der Waals surface area contributed by atoms with Crippen molar-refractivity contribution in [3.8, 4) is 16.9 Å². The van der Waals surface area contributed by atoms with Gasteiger partial charge in [0.05, 0.1) is 7.11 Å². The Morgan fingerprint density at radius 2 is 1.77 bits per heavy atom. The van der Waals surface area contributed by atoms with Crippen molar-refractivity contribution >= 4 is 6.03 Å². The monoisotopic (exact) mass is 421 g/mol. The van der Waals surface area contributed by atoms with E-state index in [-0.39, 0.29) is 17.5 Å². The van der Waals surface area contributed by atoms with Gasteiger partial charge in [0.15, 0.2) is 0 Å². The van der Waals surface area contributed by atoms with Crippen LogP contribution < -0.4 is 15.6 Å². The number of pyridine rings is 1. The number of methoxy groups -OCH3 is 1. The van der Waals surface area contributed by atoms with Gasteiger partial charge < -0.3 is 19.5 Å². The lowest BCUT2D eigenvalue weighted by atomic mass is 9.83. The Kier molecular flexibility index (Phi) is 5.47. The molecule has 0 unspecified atom stereocenters. The molecule has 1 aromatic heterocycles. The summed E-state index contributed by atoms with van der Waals surface area (Å²) in [7, 11) is 1.64. The third-order valence-corrected chi connectivity index (χ3v) is 7.23. The lowest BCUT2D eigenvalue weighted by molar-refractivity contribution is 0.127. The van der Waals surface area contributed by atoms with Crippen molar-refractivity contribution < 1.29 is 9.53 Å². The van der Waals surface area contributed by atoms with Crippen LogP contribution in [0.5, 0.6) is 5.75 Å². The van der Waals surface area contributed by atoms with Gasteiger partial charge in [-0.15, -0.1) is 0 Å². The number of hydrogen-bond acceptors (Lipinski definition) is 3. The van der Waals surface area contributed by atoms with E-state index >= 15 is 0 Å². The number of benzene rings is 1. The average molecular weight is 422 g/mol. The second-order valence-corrected chi connectivity index (χ2v) is 9.30. The first-order valence-corrected chi connectivity index (χ1v) is 11.6. The van der Waals surface area contributed by atoms with Crippen LogP contribution in [0.2, 0.25) is 0 Å². The van der Waals surface area contributed by atoms with Crippen molar-refractivity contribution in [2.75, 3.05) is 20.2 Å². The van der Waals surface area contributed by atoms with Crippen LogP contribution in [0.4, 0.5) is 4.79 Å². The van der Waals surface area contributed by atoms with Crippen LogP contribution in [0.15, 0.2) is 41.2 Å². The number of piperidine rings is 1. The first kappa shape index (κ1) is 20.2. The summed E-state index contributed by atoms with van der Waals surface area (Å²) in [6.07, 6.45) is 6.95. The zero-order valence-corrected chi connectivity index (χ0v) is 18.2. The number of nitrogens with zero attached hydrogens (tertiary/aromatic N) is 2. The van der Waals surface area contributed by atoms with Crippen molar-refractivity contribution in [1.29, 1.82) is 0 Å². The lowest BCUT2D eigenvalue weighted by Gasteiger charge is -2.43. The number of ether oxygens (including phenoxy) is 1. The molecule has 2 atom stereocenters. The number of carbonyl (C=O) groups excluding carboxylic acids is 1. The third-order valence-electron chi connectivity index (χ3n) is 7.23. The smallest absolute Gasteiger partial charge is 0.317 e. The summed E-state index contributed by atoms with van der Waals surface area (Å²) in [5.41, 5.74) is 2.76. The molecule has 0 spiro atoms. The summed E-state index contributed by atoms with van der Waals surface area (Å²) < 4.78 is 7.19. The molecule has 2 bridgehead atoms. The second kappa shape index (κ2) is 8.40. The number of aromatic nitrogens is 1. The normalized spacial score (nSPS) is 23.2. The third kappa shape index (κ3) is 3.95. The Balaban J connectivity index is 1.35. The Morgan fingerprint density at radius 1 is 1.00 bits per heavy atom. The lowest BCUT2D eigenvalue weighted by Crippen LogP contribution is -2.53. The summed E-state index contributed by atoms with van der Waals surface area (Å²) in [5.74, 6) is 1.33. The number of fused-ring (bicyclic) bond motifs is 4. The maximum Gasteiger partial charge on any atom is 0.317 e. The highest BCUT2D eigenvalue weighted by molar-refractivity contribution is 5.75. The SMILES string of the molecule is COc1ccc(-c2ccc3n(c2=O)C[C@@H]2C[C@@H]3CN(C(=O)NC3CCCCC3)C2)cc1. The van der Waals surface area contributed by atoms with E-state index < -0.39 is 0 Å². The van der Waals surface area contributed by atoms with Crippen LogP contribution in [0.1, 0.15) is 50.1 Å². The molecule has 164 valence electrons. The van der Waals surface area contributed by atoms with Crippen molar-refractivity contribution in [1.82, 2.24) is 14.8 Å². The molecule has 31 heavy (non-hydrogen) atoms. The number of nitrogens with one attached hydrogen (secondary N) is 1. The predicted octanol–water partition coefficient (Wildman–Crippen LogP) is 3.99. The molecular weight excluding hydrogens is 390 g/mol. The van der Waals surface area contributed by atoms with Crippen LogP contribution in [-0.2, 0) is 6.54 Å². The molecule has 2 aromatic rings. The van der Waals surface area contributed by atoms with Crippen molar-refractivity contribution in [3.63, 3.8) is 0 Å². The maximum absolute atomic E-state index is 13.3. The van der Waals surface area contributed by atoms with Crippen LogP contribution in [0.3, 0.4) is 0 Å². The Hall–Kier alpha value is -2.76. The zero-order chi connectivity index (χ0) is 21.4. The molecule has 5 rings (SSSR count). The molecule has 1 saturated heterocycles. The van der Waals surface area contributed by atoms with Gasteiger partial charge in [0.2, 0.25) is 0 Å². The van der Waals surface area contributed by atoms with Crippen LogP contribution >= 0.6 is 0 Å². The number of carbonyl (C=O) groups is 1. The van der Waals surface area contributed by atoms with E-state index in [0.29, 0.717) is 25.0 Å². The van der Waals surface area contributed by atoms with Gasteiger partial charge in [-0.1, -0.05) is 31.4 Å². The summed E-state index contributed by atoms with van der Waals surface area (Å²) in [6.45, 7) is 2.10. The molecule has 1 aliphatic carbocycles. The Morgan fingerprint density at radius 3 is 2.52 bits per heavy atom. The van der Waals surface area contributed by atoms with E-state index in [2.05, 4.69) is 11.4 Å². The number of amides is 2. The zero-order valence-electron chi connectivity index (χ0n) is 18.2. The number of hydrogen-bond donors (Lipinski definition) is 1. The van der Waals surface area contributed by atoms with E-state index in [9.17, 15) is 9.59 Å². The summed E-state index contributed by atoms with van der Waals surface area (Å²) >= 11 is 0. The predicted molar refractivity (Wildman–Crippen MR) is 121 cm³/mol. The minimum absolute atomic E-state index is 0.0671. The van der Waals surface area contributed by atoms with Crippen LogP contribution in [0.25, 0.3) is 11.1 Å². The van der Waals surface area contributed by atoms with Gasteiger partial charge in [-0.25, -0.2) is 4.79 Å². The van der Waals surface area contributed by atoms with Gasteiger partial charge in [-0.05, 0) is 55.0 Å². The van der Waals surface area contributed by atoms with Crippen molar-refractivity contribution in [3.05, 3.63) is 52.4 Å². The summed E-state index contributed by atoms with van der Waals surface area (Å²) in [4.78, 5) is 28.2. The van der Waals surface area contributed by atoms with Crippen molar-refractivity contribution in [2.45, 2.75) is 57.0 Å². The molecule has 3 heterocycles. The first-order chi connectivity index (χ1) is 15.1. The molecule has 2 amide bonds. The highest BCUT2D eigenvalue weighted by Gasteiger charge is 2.37. The fourth-order valence-electron chi connectivity index (χ4n) is 5.61. The molecule has 6 heteroatoms. The van der Waals surface area contributed by atoms with Gasteiger partial charge >= 0.3 is 6.03 Å². The molecule has 1 N–H and O–H groups in total. The Bertz CT molecular complexity index is 1010. The highest BCUT2D eigenvalue weighted by atomic mass is 16.5. The first-order valence-electron chi connectivity index (χ1n) is 11.6. The molecule has 6 nitrogen and oxygen atoms in total. The van der Waals surface area contributed by atoms with Gasteiger partial charge in [-0.2, -0.15) is 0 Å². The number of rotatable bonds is 3. The van der Waals surface area contributed by atoms with Gasteiger partial charge in [0.1, 0.15) is 5.75 Å². The maximum atomic E-state index is 13.3. The van der Waals surface area contributed by atoms with E-state index in [1.165, 1.54) is 19.3 Å². The number of urea groups is 1. The molecule has 2 fully saturated rings. The van der Waals surface area contributed by atoms with Gasteiger partial charge in [-0.3, -0.25) is 4.79 Å². The molecule has 0 radical (unpaired) electrons. The summed E-state index contributed by atoms with van der Waals surface area (Å²) in [6, 6.07) is 12.1. The minimum Gasteiger partial charge on any atom is -0.497 e. The average Bonchev–Trinajstić information content (AvgIpc) is 2.80. The van der Waals surface area contributed by atoms with E-state index in [0.717, 1.165) is 48.4 Å². The van der Waals surface area contributed by atoms with Gasteiger partial charge in [0, 0.05) is 42.9 Å². The van der Waals surface area contributed by atoms with Gasteiger partial charge in [0.25, 0.3) is 5.56 Å². The van der Waals surface area contributed by atoms with E-state index in [1.54, 1.807) is 7.11 Å². The standard InChI is InChI=1S/C25H31N3O3/c1-31-21-9-7-18(8-10-21)22-11-12-23-19-13-17(15-28(23)24(22)29)14-27(16-19)25(30)26-20-5-3-2-4-6-20/h7-12,17,19-20H,2-6,13-16H2,1H3,(H,26,30)/t17-,19-/m1/s1. The quantitative estimate of drug-likeness (QED) is 0.815. The molecule has 1 saturated carbocycles. The molecular formula is C25H31N3O3. The van der Waals surface area contributed by atoms with E-state index in [4.69, 9.17) is 4.74 Å². The van der Waals surface area contributed by atoms with E-state index in [1.807, 2.05) is 39.8 Å². The highest BCUT2D eigenvalue weighted by Crippen LogP contribution is 2.36. The summed E-state index contributed by atoms with van der Waals surface area (Å²) in [5, 5.41) is 3.26. The van der Waals surface area contributed by atoms with Crippen LogP contribution in [-0.4, -0.2) is 41.7 Å². The largest absolute Gasteiger partial charge is 0.497 e. The Labute approximate surface area is 183 Å². The second-order valence-electron chi connectivity index (χ2n) is 9.30. The topological polar surface area (TPSA) is 63.6 Å². The fourth-order valence-corrected chi connectivity index (χ4v) is 5.61. The minimum atomic E-state index is 0.0671. The van der Waals surface area contributed by atoms with Crippen LogP contribution in [0, 0.1) is 5.92 Å². The fraction of sp³-hybridized carbons (Fsp3) is 0.520. The molecule has 3 aliphatic rings. The molecule has 2 aliphatic heterocycles. The molecule has 1 aromatic carbocycles.